The van der Waals surface area contributed by atoms with Gasteiger partial charge in [0.2, 0.25) is 0 Å². The standard InChI is InChI=1S/C16H22N2O2/c1-2-15-12-18(16(19)20-15)14-8-6-13(7-9-14)17-10-4-3-5-11-17/h6-9,15H,2-5,10-12H2,1H3/t15-/m0/s1. The summed E-state index contributed by atoms with van der Waals surface area (Å²) >= 11 is 0. The van der Waals surface area contributed by atoms with Crippen LogP contribution in [0.5, 0.6) is 0 Å². The highest BCUT2D eigenvalue weighted by Crippen LogP contribution is 2.26. The third-order valence-corrected chi connectivity index (χ3v) is 4.21. The molecule has 0 bridgehead atoms. The second-order valence-corrected chi connectivity index (χ2v) is 5.59. The molecule has 20 heavy (non-hydrogen) atoms. The van der Waals surface area contributed by atoms with Gasteiger partial charge in [-0.3, -0.25) is 4.90 Å². The smallest absolute Gasteiger partial charge is 0.414 e. The SMILES string of the molecule is CC[C@H]1CN(c2ccc(N3CCCCC3)cc2)C(=O)O1. The number of hydrogen-bond donors (Lipinski definition) is 0. The molecule has 4 heteroatoms. The van der Waals surface area contributed by atoms with Gasteiger partial charge in [-0.1, -0.05) is 6.92 Å². The van der Waals surface area contributed by atoms with Gasteiger partial charge in [0, 0.05) is 24.5 Å². The van der Waals surface area contributed by atoms with Gasteiger partial charge in [-0.25, -0.2) is 4.79 Å². The zero-order valence-electron chi connectivity index (χ0n) is 12.0. The van der Waals surface area contributed by atoms with E-state index in [2.05, 4.69) is 17.0 Å². The van der Waals surface area contributed by atoms with Crippen molar-refractivity contribution in [3.05, 3.63) is 24.3 Å². The van der Waals surface area contributed by atoms with Crippen LogP contribution in [0.1, 0.15) is 32.6 Å². The summed E-state index contributed by atoms with van der Waals surface area (Å²) < 4.78 is 5.30. The van der Waals surface area contributed by atoms with Crippen LogP contribution < -0.4 is 9.80 Å². The first-order chi connectivity index (χ1) is 9.78. The summed E-state index contributed by atoms with van der Waals surface area (Å²) in [5, 5.41) is 0. The third-order valence-electron chi connectivity index (χ3n) is 4.21. The molecule has 3 rings (SSSR count). The molecule has 1 aromatic rings. The molecule has 1 atom stereocenters. The van der Waals surface area contributed by atoms with Crippen molar-refractivity contribution >= 4 is 17.5 Å². The maximum atomic E-state index is 11.8. The molecular weight excluding hydrogens is 252 g/mol. The number of benzene rings is 1. The van der Waals surface area contributed by atoms with Crippen molar-refractivity contribution in [1.82, 2.24) is 0 Å². The zero-order valence-corrected chi connectivity index (χ0v) is 12.0. The number of amides is 1. The summed E-state index contributed by atoms with van der Waals surface area (Å²) in [6.45, 7) is 4.99. The van der Waals surface area contributed by atoms with Crippen molar-refractivity contribution < 1.29 is 9.53 Å². The van der Waals surface area contributed by atoms with Crippen molar-refractivity contribution in [3.8, 4) is 0 Å². The molecule has 0 unspecified atom stereocenters. The Bertz CT molecular complexity index is 466. The molecule has 0 saturated carbocycles. The zero-order chi connectivity index (χ0) is 13.9. The highest BCUT2D eigenvalue weighted by atomic mass is 16.6. The number of cyclic esters (lactones) is 1. The van der Waals surface area contributed by atoms with E-state index in [-0.39, 0.29) is 12.2 Å². The van der Waals surface area contributed by atoms with Gasteiger partial charge in [0.15, 0.2) is 0 Å². The number of piperidine rings is 1. The quantitative estimate of drug-likeness (QED) is 0.846. The molecule has 2 heterocycles. The number of carbonyl (C=O) groups excluding carboxylic acids is 1. The normalized spacial score (nSPS) is 23.1. The molecular formula is C16H22N2O2. The summed E-state index contributed by atoms with van der Waals surface area (Å²) in [6.07, 6.45) is 4.57. The minimum absolute atomic E-state index is 0.0317. The van der Waals surface area contributed by atoms with E-state index >= 15 is 0 Å². The van der Waals surface area contributed by atoms with Gasteiger partial charge in [0.05, 0.1) is 6.54 Å². The van der Waals surface area contributed by atoms with Crippen LogP contribution in [0.15, 0.2) is 24.3 Å². The summed E-state index contributed by atoms with van der Waals surface area (Å²) in [4.78, 5) is 16.0. The fourth-order valence-electron chi connectivity index (χ4n) is 2.94. The first kappa shape index (κ1) is 13.3. The van der Waals surface area contributed by atoms with Gasteiger partial charge >= 0.3 is 6.09 Å². The Morgan fingerprint density at radius 1 is 1.10 bits per heavy atom. The molecule has 2 fully saturated rings. The number of rotatable bonds is 3. The monoisotopic (exact) mass is 274 g/mol. The van der Waals surface area contributed by atoms with E-state index in [4.69, 9.17) is 4.74 Å². The van der Waals surface area contributed by atoms with Crippen molar-refractivity contribution in [2.24, 2.45) is 0 Å². The number of ether oxygens (including phenoxy) is 1. The number of carbonyl (C=O) groups is 1. The molecule has 0 spiro atoms. The minimum atomic E-state index is -0.220. The average Bonchev–Trinajstić information content (AvgIpc) is 2.89. The molecule has 2 aliphatic heterocycles. The molecule has 2 saturated heterocycles. The van der Waals surface area contributed by atoms with Crippen LogP contribution in [-0.2, 0) is 4.74 Å². The van der Waals surface area contributed by atoms with Crippen LogP contribution in [-0.4, -0.2) is 31.8 Å². The first-order valence-electron chi connectivity index (χ1n) is 7.61. The molecule has 0 aliphatic carbocycles. The van der Waals surface area contributed by atoms with Crippen molar-refractivity contribution in [2.75, 3.05) is 29.4 Å². The molecule has 4 nitrogen and oxygen atoms in total. The minimum Gasteiger partial charge on any atom is -0.444 e. The first-order valence-corrected chi connectivity index (χ1v) is 7.61. The topological polar surface area (TPSA) is 32.8 Å². The fourth-order valence-corrected chi connectivity index (χ4v) is 2.94. The summed E-state index contributed by atoms with van der Waals surface area (Å²) in [7, 11) is 0. The van der Waals surface area contributed by atoms with Crippen LogP contribution in [0.2, 0.25) is 0 Å². The van der Waals surface area contributed by atoms with E-state index in [1.807, 2.05) is 19.1 Å². The largest absolute Gasteiger partial charge is 0.444 e. The second-order valence-electron chi connectivity index (χ2n) is 5.59. The number of nitrogens with zero attached hydrogens (tertiary/aromatic N) is 2. The fraction of sp³-hybridized carbons (Fsp3) is 0.562. The molecule has 1 aromatic carbocycles. The van der Waals surface area contributed by atoms with E-state index in [9.17, 15) is 4.79 Å². The number of hydrogen-bond acceptors (Lipinski definition) is 3. The summed E-state index contributed by atoms with van der Waals surface area (Å²) in [5.74, 6) is 0. The average molecular weight is 274 g/mol. The number of anilines is 2. The van der Waals surface area contributed by atoms with Crippen molar-refractivity contribution in [3.63, 3.8) is 0 Å². The molecule has 0 aromatic heterocycles. The Balaban J connectivity index is 1.71. The van der Waals surface area contributed by atoms with Gasteiger partial charge in [-0.05, 0) is 49.9 Å². The lowest BCUT2D eigenvalue weighted by Crippen LogP contribution is -2.29. The molecule has 0 radical (unpaired) electrons. The Kier molecular flexibility index (Phi) is 3.81. The Hall–Kier alpha value is -1.71. The van der Waals surface area contributed by atoms with Crippen molar-refractivity contribution in [1.29, 1.82) is 0 Å². The predicted octanol–water partition coefficient (Wildman–Crippen LogP) is 3.41. The lowest BCUT2D eigenvalue weighted by Gasteiger charge is -2.29. The maximum Gasteiger partial charge on any atom is 0.414 e. The molecule has 0 N–H and O–H groups in total. The maximum absolute atomic E-state index is 11.8. The highest BCUT2D eigenvalue weighted by molar-refractivity contribution is 5.89. The van der Waals surface area contributed by atoms with E-state index < -0.39 is 0 Å². The molecule has 108 valence electrons. The lowest BCUT2D eigenvalue weighted by molar-refractivity contribution is 0.139. The summed E-state index contributed by atoms with van der Waals surface area (Å²) in [6, 6.07) is 8.30. The van der Waals surface area contributed by atoms with E-state index in [0.717, 1.165) is 25.2 Å². The van der Waals surface area contributed by atoms with Gasteiger partial charge in [-0.2, -0.15) is 0 Å². The molecule has 2 aliphatic rings. The van der Waals surface area contributed by atoms with Crippen LogP contribution in [0, 0.1) is 0 Å². The summed E-state index contributed by atoms with van der Waals surface area (Å²) in [5.41, 5.74) is 2.19. The Morgan fingerprint density at radius 2 is 1.75 bits per heavy atom. The highest BCUT2D eigenvalue weighted by Gasteiger charge is 2.31. The van der Waals surface area contributed by atoms with E-state index in [0.29, 0.717) is 6.54 Å². The molecule has 1 amide bonds. The van der Waals surface area contributed by atoms with Gasteiger partial charge in [0.25, 0.3) is 0 Å². The van der Waals surface area contributed by atoms with Crippen LogP contribution in [0.3, 0.4) is 0 Å². The van der Waals surface area contributed by atoms with Crippen molar-refractivity contribution in [2.45, 2.75) is 38.7 Å². The van der Waals surface area contributed by atoms with Gasteiger partial charge in [0.1, 0.15) is 6.10 Å². The Labute approximate surface area is 120 Å². The van der Waals surface area contributed by atoms with E-state index in [1.165, 1.54) is 24.9 Å². The van der Waals surface area contributed by atoms with E-state index in [1.54, 1.807) is 4.90 Å². The Morgan fingerprint density at radius 3 is 2.35 bits per heavy atom. The van der Waals surface area contributed by atoms with Gasteiger partial charge in [-0.15, -0.1) is 0 Å². The van der Waals surface area contributed by atoms with Crippen LogP contribution in [0.4, 0.5) is 16.2 Å². The lowest BCUT2D eigenvalue weighted by atomic mass is 10.1. The predicted molar refractivity (Wildman–Crippen MR) is 80.4 cm³/mol. The third kappa shape index (κ3) is 2.60. The van der Waals surface area contributed by atoms with Gasteiger partial charge < -0.3 is 9.64 Å². The van der Waals surface area contributed by atoms with Crippen LogP contribution in [0.25, 0.3) is 0 Å². The van der Waals surface area contributed by atoms with Crippen LogP contribution >= 0.6 is 0 Å². The second kappa shape index (κ2) is 5.73.